The summed E-state index contributed by atoms with van der Waals surface area (Å²) in [4.78, 5) is 24.3. The Balaban J connectivity index is 3.05. The van der Waals surface area contributed by atoms with E-state index in [1.165, 1.54) is 6.92 Å². The van der Waals surface area contributed by atoms with Gasteiger partial charge in [-0.25, -0.2) is 9.18 Å². The molecule has 0 bridgehead atoms. The molecule has 0 aliphatic rings. The van der Waals surface area contributed by atoms with Gasteiger partial charge < -0.3 is 5.11 Å². The lowest BCUT2D eigenvalue weighted by Crippen LogP contribution is -2.32. The highest BCUT2D eigenvalue weighted by atomic mass is 19.1. The molecule has 0 aliphatic heterocycles. The number of rotatable bonds is 4. The number of nitrogens with one attached hydrogen (secondary N) is 1. The summed E-state index contributed by atoms with van der Waals surface area (Å²) < 4.78 is 14.4. The predicted molar refractivity (Wildman–Crippen MR) is 57.0 cm³/mol. The average Bonchev–Trinajstić information content (AvgIpc) is 2.23. The van der Waals surface area contributed by atoms with E-state index in [9.17, 15) is 14.0 Å². The summed E-state index contributed by atoms with van der Waals surface area (Å²) in [5.74, 6) is 0. The largest absolute Gasteiger partial charge is 0.392 e. The zero-order chi connectivity index (χ0) is 12.3. The first kappa shape index (κ1) is 12.4. The fraction of sp³-hybridized carbons (Fsp3) is 0.400. The van der Waals surface area contributed by atoms with Crippen molar-refractivity contribution in [3.05, 3.63) is 44.8 Å². The van der Waals surface area contributed by atoms with Crippen molar-refractivity contribution in [3.63, 3.8) is 0 Å². The maximum atomic E-state index is 13.6. The van der Waals surface area contributed by atoms with E-state index in [0.29, 0.717) is 0 Å². The zero-order valence-electron chi connectivity index (χ0n) is 8.86. The normalized spacial score (nSPS) is 12.4. The molecule has 1 unspecified atom stereocenters. The van der Waals surface area contributed by atoms with Crippen LogP contribution in [-0.4, -0.2) is 21.3 Å². The first-order chi connectivity index (χ1) is 7.45. The zero-order valence-corrected chi connectivity index (χ0v) is 8.86. The number of nitrogens with zero attached hydrogens (tertiary/aromatic N) is 1. The number of aliphatic hydroxyl groups excluding tert-OH is 1. The second-order valence-electron chi connectivity index (χ2n) is 3.53. The third-order valence-electron chi connectivity index (χ3n) is 2.13. The van der Waals surface area contributed by atoms with Crippen LogP contribution in [0.5, 0.6) is 0 Å². The fourth-order valence-electron chi connectivity index (χ4n) is 1.20. The molecule has 6 heteroatoms. The molecule has 16 heavy (non-hydrogen) atoms. The number of aromatic amines is 1. The van der Waals surface area contributed by atoms with Gasteiger partial charge in [-0.05, 0) is 12.5 Å². The van der Waals surface area contributed by atoms with E-state index in [1.807, 2.05) is 4.98 Å². The molecule has 1 rings (SSSR count). The summed E-state index contributed by atoms with van der Waals surface area (Å²) >= 11 is 0. The van der Waals surface area contributed by atoms with Crippen molar-refractivity contribution in [3.8, 4) is 0 Å². The number of hydrogen-bond donors (Lipinski definition) is 2. The van der Waals surface area contributed by atoms with E-state index < -0.39 is 17.5 Å². The molecule has 1 atom stereocenters. The van der Waals surface area contributed by atoms with Crippen molar-refractivity contribution < 1.29 is 9.50 Å². The smallest absolute Gasteiger partial charge is 0.330 e. The van der Waals surface area contributed by atoms with Crippen molar-refractivity contribution in [2.24, 2.45) is 0 Å². The van der Waals surface area contributed by atoms with Gasteiger partial charge in [0.05, 0.1) is 6.61 Å². The fourth-order valence-corrected chi connectivity index (χ4v) is 1.20. The molecule has 0 fully saturated rings. The minimum atomic E-state index is -1.64. The van der Waals surface area contributed by atoms with E-state index in [2.05, 4.69) is 6.58 Å². The maximum Gasteiger partial charge on any atom is 0.330 e. The number of halogens is 1. The molecule has 0 saturated carbocycles. The van der Waals surface area contributed by atoms with Crippen molar-refractivity contribution >= 4 is 0 Å². The Hall–Kier alpha value is -1.69. The van der Waals surface area contributed by atoms with Gasteiger partial charge in [0.15, 0.2) is 6.30 Å². The lowest BCUT2D eigenvalue weighted by atomic mass is 10.2. The molecule has 0 saturated heterocycles. The molecule has 1 heterocycles. The van der Waals surface area contributed by atoms with Gasteiger partial charge in [0, 0.05) is 18.2 Å². The van der Waals surface area contributed by atoms with Crippen LogP contribution in [0.1, 0.15) is 18.3 Å². The summed E-state index contributed by atoms with van der Waals surface area (Å²) in [6, 6.07) is 0. The predicted octanol–water partition coefficient (Wildman–Crippen LogP) is 0.252. The Bertz CT molecular complexity index is 504. The standard InChI is InChI=1S/C10H13FN2O3/c1-6(5-14)3-8(11)13-4-7(2)9(15)12-10(13)16/h4,8,14H,1,3,5H2,2H3,(H,12,15,16). The highest BCUT2D eigenvalue weighted by Crippen LogP contribution is 2.15. The van der Waals surface area contributed by atoms with E-state index in [1.54, 1.807) is 0 Å². The minimum absolute atomic E-state index is 0.165. The van der Waals surface area contributed by atoms with Crippen molar-refractivity contribution in [1.82, 2.24) is 9.55 Å². The highest BCUT2D eigenvalue weighted by molar-refractivity contribution is 5.02. The number of H-pyrrole nitrogens is 1. The number of aromatic nitrogens is 2. The van der Waals surface area contributed by atoms with Crippen LogP contribution in [0.4, 0.5) is 4.39 Å². The Morgan fingerprint density at radius 2 is 2.31 bits per heavy atom. The third-order valence-corrected chi connectivity index (χ3v) is 2.13. The summed E-state index contributed by atoms with van der Waals surface area (Å²) in [5.41, 5.74) is -0.816. The average molecular weight is 228 g/mol. The number of hydrogen-bond acceptors (Lipinski definition) is 3. The molecular weight excluding hydrogens is 215 g/mol. The molecule has 5 nitrogen and oxygen atoms in total. The molecular formula is C10H13FN2O3. The van der Waals surface area contributed by atoms with E-state index in [4.69, 9.17) is 5.11 Å². The summed E-state index contributed by atoms with van der Waals surface area (Å²) in [6.07, 6.45) is -0.652. The van der Waals surface area contributed by atoms with Gasteiger partial charge in [0.2, 0.25) is 0 Å². The second kappa shape index (κ2) is 4.89. The van der Waals surface area contributed by atoms with Crippen LogP contribution in [0.3, 0.4) is 0 Å². The number of alkyl halides is 1. The molecule has 0 radical (unpaired) electrons. The van der Waals surface area contributed by atoms with Crippen LogP contribution >= 0.6 is 0 Å². The van der Waals surface area contributed by atoms with Crippen molar-refractivity contribution in [2.45, 2.75) is 19.6 Å². The van der Waals surface area contributed by atoms with Gasteiger partial charge in [0.1, 0.15) is 0 Å². The Morgan fingerprint density at radius 1 is 1.69 bits per heavy atom. The molecule has 0 aliphatic carbocycles. The first-order valence-electron chi connectivity index (χ1n) is 4.69. The maximum absolute atomic E-state index is 13.6. The quantitative estimate of drug-likeness (QED) is 0.725. The number of aliphatic hydroxyl groups is 1. The van der Waals surface area contributed by atoms with Crippen LogP contribution in [0.15, 0.2) is 27.9 Å². The highest BCUT2D eigenvalue weighted by Gasteiger charge is 2.13. The molecule has 0 spiro atoms. The van der Waals surface area contributed by atoms with E-state index in [-0.39, 0.29) is 24.2 Å². The van der Waals surface area contributed by atoms with Gasteiger partial charge in [-0.1, -0.05) is 6.58 Å². The Kier molecular flexibility index (Phi) is 3.78. The Labute approximate surface area is 90.9 Å². The molecule has 1 aromatic heterocycles. The molecule has 88 valence electrons. The first-order valence-corrected chi connectivity index (χ1v) is 4.69. The van der Waals surface area contributed by atoms with Crippen LogP contribution < -0.4 is 11.2 Å². The SMILES string of the molecule is C=C(CO)CC(F)n1cc(C)c(=O)[nH]c1=O. The van der Waals surface area contributed by atoms with Crippen LogP contribution in [0, 0.1) is 6.92 Å². The molecule has 0 aromatic carbocycles. The summed E-state index contributed by atoms with van der Waals surface area (Å²) in [6.45, 7) is 4.57. The summed E-state index contributed by atoms with van der Waals surface area (Å²) in [7, 11) is 0. The summed E-state index contributed by atoms with van der Waals surface area (Å²) in [5, 5.41) is 8.69. The molecule has 2 N–H and O–H groups in total. The van der Waals surface area contributed by atoms with Crippen molar-refractivity contribution in [2.75, 3.05) is 6.61 Å². The monoisotopic (exact) mass is 228 g/mol. The lowest BCUT2D eigenvalue weighted by Gasteiger charge is -2.12. The van der Waals surface area contributed by atoms with Crippen molar-refractivity contribution in [1.29, 1.82) is 0 Å². The minimum Gasteiger partial charge on any atom is -0.392 e. The van der Waals surface area contributed by atoms with Crippen LogP contribution in [0.2, 0.25) is 0 Å². The molecule has 1 aromatic rings. The van der Waals surface area contributed by atoms with Gasteiger partial charge in [-0.15, -0.1) is 0 Å². The van der Waals surface area contributed by atoms with E-state index >= 15 is 0 Å². The second-order valence-corrected chi connectivity index (χ2v) is 3.53. The molecule has 0 amide bonds. The lowest BCUT2D eigenvalue weighted by molar-refractivity contribution is 0.218. The van der Waals surface area contributed by atoms with Gasteiger partial charge in [-0.2, -0.15) is 0 Å². The topological polar surface area (TPSA) is 75.1 Å². The Morgan fingerprint density at radius 3 is 2.88 bits per heavy atom. The third kappa shape index (κ3) is 2.66. The van der Waals surface area contributed by atoms with Gasteiger partial charge in [0.25, 0.3) is 5.56 Å². The van der Waals surface area contributed by atoms with E-state index in [0.717, 1.165) is 10.8 Å². The van der Waals surface area contributed by atoms with Gasteiger partial charge in [-0.3, -0.25) is 14.3 Å². The van der Waals surface area contributed by atoms with Gasteiger partial charge >= 0.3 is 5.69 Å². The van der Waals surface area contributed by atoms with Crippen LogP contribution in [-0.2, 0) is 0 Å². The van der Waals surface area contributed by atoms with Crippen LogP contribution in [0.25, 0.3) is 0 Å². The number of aryl methyl sites for hydroxylation is 1.